The summed E-state index contributed by atoms with van der Waals surface area (Å²) in [5.41, 5.74) is 0. The summed E-state index contributed by atoms with van der Waals surface area (Å²) in [6.45, 7) is 4.15. The van der Waals surface area contributed by atoms with Crippen LogP contribution < -0.4 is 5.32 Å². The maximum Gasteiger partial charge on any atom is 0.222 e. The van der Waals surface area contributed by atoms with Gasteiger partial charge in [-0.3, -0.25) is 4.79 Å². The third-order valence-electron chi connectivity index (χ3n) is 4.20. The summed E-state index contributed by atoms with van der Waals surface area (Å²) in [4.78, 5) is 13.9. The maximum atomic E-state index is 12.0. The number of nitrogens with one attached hydrogen (secondary N) is 1. The van der Waals surface area contributed by atoms with Crippen LogP contribution in [0.2, 0.25) is 0 Å². The molecule has 0 aromatic carbocycles. The molecular weight excluding hydrogens is 236 g/mol. The number of carbonyl (C=O) groups is 1. The quantitative estimate of drug-likeness (QED) is 0.844. The number of rotatable bonds is 3. The summed E-state index contributed by atoms with van der Waals surface area (Å²) >= 11 is 0. The molecule has 2 rings (SSSR count). The van der Waals surface area contributed by atoms with E-state index in [9.17, 15) is 4.79 Å². The fourth-order valence-electron chi connectivity index (χ4n) is 3.02. The van der Waals surface area contributed by atoms with Crippen molar-refractivity contribution in [2.24, 2.45) is 5.92 Å². The number of amides is 1. The molecule has 2 bridgehead atoms. The lowest BCUT2D eigenvalue weighted by Crippen LogP contribution is -2.41. The Morgan fingerprint density at radius 2 is 1.82 bits per heavy atom. The summed E-state index contributed by atoms with van der Waals surface area (Å²) < 4.78 is 0. The Hall–Kier alpha value is -0.280. The van der Waals surface area contributed by atoms with Gasteiger partial charge in [-0.05, 0) is 45.4 Å². The molecule has 2 atom stereocenters. The predicted octanol–water partition coefficient (Wildman–Crippen LogP) is 2.20. The Balaban J connectivity index is 0.00000144. The molecule has 3 nitrogen and oxygen atoms in total. The van der Waals surface area contributed by atoms with Gasteiger partial charge in [-0.15, -0.1) is 12.4 Å². The molecule has 0 aromatic rings. The summed E-state index contributed by atoms with van der Waals surface area (Å²) in [6.07, 6.45) is 5.79. The molecule has 2 heterocycles. The van der Waals surface area contributed by atoms with Gasteiger partial charge < -0.3 is 10.2 Å². The number of halogens is 1. The Morgan fingerprint density at radius 1 is 1.29 bits per heavy atom. The van der Waals surface area contributed by atoms with E-state index < -0.39 is 0 Å². The molecule has 1 amide bonds. The van der Waals surface area contributed by atoms with E-state index in [-0.39, 0.29) is 12.4 Å². The molecule has 2 aliphatic rings. The van der Waals surface area contributed by atoms with Gasteiger partial charge in [0.2, 0.25) is 5.91 Å². The minimum atomic E-state index is 0. The van der Waals surface area contributed by atoms with Crippen molar-refractivity contribution in [2.45, 2.75) is 64.1 Å². The molecule has 4 heteroatoms. The van der Waals surface area contributed by atoms with Gasteiger partial charge in [0.1, 0.15) is 0 Å². The highest BCUT2D eigenvalue weighted by Gasteiger charge is 2.34. The number of nitrogens with zero attached hydrogens (tertiary/aromatic N) is 1. The molecule has 100 valence electrons. The van der Waals surface area contributed by atoms with Crippen LogP contribution in [-0.2, 0) is 4.79 Å². The van der Waals surface area contributed by atoms with Crippen molar-refractivity contribution in [3.63, 3.8) is 0 Å². The molecule has 0 aromatic heterocycles. The Morgan fingerprint density at radius 3 is 2.29 bits per heavy atom. The summed E-state index contributed by atoms with van der Waals surface area (Å²) in [5, 5.41) is 3.62. The number of hydrogen-bond donors (Lipinski definition) is 1. The van der Waals surface area contributed by atoms with Crippen LogP contribution in [0, 0.1) is 5.92 Å². The zero-order chi connectivity index (χ0) is 11.7. The van der Waals surface area contributed by atoms with E-state index in [1.165, 1.54) is 25.7 Å². The van der Waals surface area contributed by atoms with E-state index in [0.717, 1.165) is 6.42 Å². The topological polar surface area (TPSA) is 32.3 Å². The molecule has 17 heavy (non-hydrogen) atoms. The van der Waals surface area contributed by atoms with Crippen molar-refractivity contribution in [1.29, 1.82) is 0 Å². The van der Waals surface area contributed by atoms with Crippen molar-refractivity contribution in [2.75, 3.05) is 7.05 Å². The summed E-state index contributed by atoms with van der Waals surface area (Å²) in [5.74, 6) is 0.939. The first-order valence-electron chi connectivity index (χ1n) is 6.58. The van der Waals surface area contributed by atoms with Crippen LogP contribution in [0.15, 0.2) is 0 Å². The second-order valence-electron chi connectivity index (χ2n) is 5.78. The van der Waals surface area contributed by atoms with E-state index in [1.807, 2.05) is 11.9 Å². The number of carbonyl (C=O) groups excluding carboxylic acids is 1. The van der Waals surface area contributed by atoms with Gasteiger partial charge in [0.05, 0.1) is 0 Å². The Bertz CT molecular complexity index is 258. The zero-order valence-corrected chi connectivity index (χ0v) is 11.9. The lowest BCUT2D eigenvalue weighted by molar-refractivity contribution is -0.132. The van der Waals surface area contributed by atoms with E-state index in [2.05, 4.69) is 19.2 Å². The number of piperidine rings is 1. The van der Waals surface area contributed by atoms with Gasteiger partial charge in [0, 0.05) is 31.6 Å². The second-order valence-corrected chi connectivity index (χ2v) is 5.78. The van der Waals surface area contributed by atoms with E-state index in [4.69, 9.17) is 0 Å². The van der Waals surface area contributed by atoms with Crippen LogP contribution in [-0.4, -0.2) is 36.0 Å². The van der Waals surface area contributed by atoms with Crippen molar-refractivity contribution in [3.8, 4) is 0 Å². The van der Waals surface area contributed by atoms with Crippen LogP contribution in [0.1, 0.15) is 46.0 Å². The fraction of sp³-hybridized carbons (Fsp3) is 0.923. The van der Waals surface area contributed by atoms with Crippen molar-refractivity contribution < 1.29 is 4.79 Å². The van der Waals surface area contributed by atoms with Gasteiger partial charge in [0.15, 0.2) is 0 Å². The first-order valence-corrected chi connectivity index (χ1v) is 6.58. The van der Waals surface area contributed by atoms with Crippen LogP contribution in [0.3, 0.4) is 0 Å². The van der Waals surface area contributed by atoms with E-state index in [0.29, 0.717) is 30.0 Å². The predicted molar refractivity (Wildman–Crippen MR) is 72.4 cm³/mol. The highest BCUT2D eigenvalue weighted by atomic mass is 35.5. The molecule has 0 saturated carbocycles. The second kappa shape index (κ2) is 6.05. The first kappa shape index (κ1) is 14.8. The minimum absolute atomic E-state index is 0. The third-order valence-corrected chi connectivity index (χ3v) is 4.20. The summed E-state index contributed by atoms with van der Waals surface area (Å²) in [6, 6.07) is 1.72. The SMILES string of the molecule is CC(C)N(C)C(=O)CC1CC2CCC(C1)N2.Cl. The molecule has 0 spiro atoms. The average molecular weight is 261 g/mol. The normalized spacial score (nSPS) is 31.2. The molecule has 1 N–H and O–H groups in total. The highest BCUT2D eigenvalue weighted by molar-refractivity contribution is 5.85. The minimum Gasteiger partial charge on any atom is -0.343 e. The van der Waals surface area contributed by atoms with Crippen molar-refractivity contribution >= 4 is 18.3 Å². The maximum absolute atomic E-state index is 12.0. The fourth-order valence-corrected chi connectivity index (χ4v) is 3.02. The number of fused-ring (bicyclic) bond motifs is 2. The smallest absolute Gasteiger partial charge is 0.222 e. The molecular formula is C13H25ClN2O. The molecule has 0 radical (unpaired) electrons. The van der Waals surface area contributed by atoms with E-state index in [1.54, 1.807) is 0 Å². The van der Waals surface area contributed by atoms with Crippen LogP contribution >= 0.6 is 12.4 Å². The Labute approximate surface area is 111 Å². The first-order chi connectivity index (χ1) is 7.56. The van der Waals surface area contributed by atoms with Gasteiger partial charge in [0.25, 0.3) is 0 Å². The standard InChI is InChI=1S/C13H24N2O.ClH/c1-9(2)15(3)13(16)8-10-6-11-4-5-12(7-10)14-11;/h9-12,14H,4-8H2,1-3H3;1H. The lowest BCUT2D eigenvalue weighted by Gasteiger charge is -2.30. The molecule has 2 fully saturated rings. The molecule has 0 aliphatic carbocycles. The summed E-state index contributed by atoms with van der Waals surface area (Å²) in [7, 11) is 1.92. The van der Waals surface area contributed by atoms with Crippen molar-refractivity contribution in [1.82, 2.24) is 10.2 Å². The van der Waals surface area contributed by atoms with Gasteiger partial charge in [-0.1, -0.05) is 0 Å². The third kappa shape index (κ3) is 3.59. The lowest BCUT2D eigenvalue weighted by atomic mass is 9.89. The van der Waals surface area contributed by atoms with Crippen LogP contribution in [0.5, 0.6) is 0 Å². The zero-order valence-electron chi connectivity index (χ0n) is 11.1. The molecule has 2 saturated heterocycles. The molecule has 2 aliphatic heterocycles. The Kier molecular flexibility index (Phi) is 5.26. The highest BCUT2D eigenvalue weighted by Crippen LogP contribution is 2.32. The largest absolute Gasteiger partial charge is 0.343 e. The van der Waals surface area contributed by atoms with Gasteiger partial charge in [-0.2, -0.15) is 0 Å². The van der Waals surface area contributed by atoms with Crippen LogP contribution in [0.25, 0.3) is 0 Å². The average Bonchev–Trinajstić information content (AvgIpc) is 2.56. The monoisotopic (exact) mass is 260 g/mol. The van der Waals surface area contributed by atoms with Gasteiger partial charge >= 0.3 is 0 Å². The van der Waals surface area contributed by atoms with E-state index >= 15 is 0 Å². The number of hydrogen-bond acceptors (Lipinski definition) is 2. The van der Waals surface area contributed by atoms with Gasteiger partial charge in [-0.25, -0.2) is 0 Å². The van der Waals surface area contributed by atoms with Crippen molar-refractivity contribution in [3.05, 3.63) is 0 Å². The van der Waals surface area contributed by atoms with Crippen LogP contribution in [0.4, 0.5) is 0 Å². The molecule has 2 unspecified atom stereocenters.